The van der Waals surface area contributed by atoms with Gasteiger partial charge in [-0.15, -0.1) is 0 Å². The highest BCUT2D eigenvalue weighted by atomic mass is 16.3. The van der Waals surface area contributed by atoms with Crippen molar-refractivity contribution in [1.29, 1.82) is 0 Å². The van der Waals surface area contributed by atoms with Gasteiger partial charge < -0.3 is 8.83 Å². The van der Waals surface area contributed by atoms with Crippen molar-refractivity contribution in [3.63, 3.8) is 0 Å². The topological polar surface area (TPSA) is 57.0 Å². The number of aromatic nitrogens is 3. The summed E-state index contributed by atoms with van der Waals surface area (Å²) in [7, 11) is 0. The van der Waals surface area contributed by atoms with E-state index in [4.69, 9.17) is 18.8 Å². The SMILES string of the molecule is c1ccc(-c2nc3ccccc3n2-c2ccc(-c3cc4c5ccccc5oc4c4c3oc3ccccc34)cn2)cc1. The summed E-state index contributed by atoms with van der Waals surface area (Å²) in [6.07, 6.45) is 1.93. The van der Waals surface area contributed by atoms with E-state index in [1.54, 1.807) is 0 Å². The summed E-state index contributed by atoms with van der Waals surface area (Å²) in [6, 6.07) is 41.0. The molecule has 0 aliphatic carbocycles. The Morgan fingerprint density at radius 1 is 0.561 bits per heavy atom. The fourth-order valence-corrected chi connectivity index (χ4v) is 6.00. The molecule has 9 aromatic rings. The zero-order chi connectivity index (χ0) is 26.9. The molecule has 0 aliphatic rings. The van der Waals surface area contributed by atoms with Crippen LogP contribution >= 0.6 is 0 Å². The van der Waals surface area contributed by atoms with Crippen LogP contribution in [0.15, 0.2) is 136 Å². The maximum absolute atomic E-state index is 6.48. The molecule has 0 amide bonds. The maximum Gasteiger partial charge on any atom is 0.147 e. The van der Waals surface area contributed by atoms with Crippen molar-refractivity contribution in [2.45, 2.75) is 0 Å². The normalized spacial score (nSPS) is 11.9. The van der Waals surface area contributed by atoms with Gasteiger partial charge in [-0.1, -0.05) is 78.9 Å². The molecule has 0 atom stereocenters. The van der Waals surface area contributed by atoms with Gasteiger partial charge >= 0.3 is 0 Å². The molecule has 5 aromatic carbocycles. The Hall–Kier alpha value is -5.68. The van der Waals surface area contributed by atoms with Crippen LogP contribution in [0.2, 0.25) is 0 Å². The summed E-state index contributed by atoms with van der Waals surface area (Å²) in [5, 5.41) is 4.17. The molecule has 4 aromatic heterocycles. The van der Waals surface area contributed by atoms with Gasteiger partial charge in [0.1, 0.15) is 34.0 Å². The van der Waals surface area contributed by atoms with Gasteiger partial charge in [0.2, 0.25) is 0 Å². The number of nitrogens with zero attached hydrogens (tertiary/aromatic N) is 3. The molecule has 4 heterocycles. The van der Waals surface area contributed by atoms with Gasteiger partial charge in [0.15, 0.2) is 0 Å². The van der Waals surface area contributed by atoms with E-state index in [1.165, 1.54) is 0 Å². The number of pyridine rings is 1. The molecule has 9 rings (SSSR count). The molecule has 192 valence electrons. The lowest BCUT2D eigenvalue weighted by molar-refractivity contribution is 0.663. The quantitative estimate of drug-likeness (QED) is 0.230. The summed E-state index contributed by atoms with van der Waals surface area (Å²) in [5.41, 5.74) is 8.26. The summed E-state index contributed by atoms with van der Waals surface area (Å²) >= 11 is 0. The molecule has 5 nitrogen and oxygen atoms in total. The number of fused-ring (bicyclic) bond motifs is 8. The maximum atomic E-state index is 6.48. The lowest BCUT2D eigenvalue weighted by atomic mass is 10.00. The van der Waals surface area contributed by atoms with Crippen LogP contribution in [0.4, 0.5) is 0 Å². The largest absolute Gasteiger partial charge is 0.455 e. The number of furan rings is 2. The molecule has 0 saturated carbocycles. The van der Waals surface area contributed by atoms with Crippen LogP contribution in [0.3, 0.4) is 0 Å². The van der Waals surface area contributed by atoms with Gasteiger partial charge in [0, 0.05) is 39.0 Å². The van der Waals surface area contributed by atoms with E-state index >= 15 is 0 Å². The van der Waals surface area contributed by atoms with Crippen molar-refractivity contribution in [3.05, 3.63) is 128 Å². The van der Waals surface area contributed by atoms with Crippen molar-refractivity contribution in [3.8, 4) is 28.3 Å². The van der Waals surface area contributed by atoms with Crippen molar-refractivity contribution < 1.29 is 8.83 Å². The van der Waals surface area contributed by atoms with Crippen molar-refractivity contribution >= 4 is 54.9 Å². The zero-order valence-corrected chi connectivity index (χ0v) is 21.8. The molecule has 0 aliphatic heterocycles. The van der Waals surface area contributed by atoms with Crippen LogP contribution in [-0.4, -0.2) is 14.5 Å². The van der Waals surface area contributed by atoms with Gasteiger partial charge in [-0.2, -0.15) is 0 Å². The van der Waals surface area contributed by atoms with E-state index in [0.29, 0.717) is 0 Å². The fraction of sp³-hybridized carbons (Fsp3) is 0. The minimum atomic E-state index is 0.797. The van der Waals surface area contributed by atoms with Crippen LogP contribution in [0.5, 0.6) is 0 Å². The third-order valence-corrected chi connectivity index (χ3v) is 7.87. The van der Waals surface area contributed by atoms with Crippen LogP contribution in [0.25, 0.3) is 83.2 Å². The number of rotatable bonds is 3. The number of benzene rings is 5. The molecular formula is C36H21N3O2. The average Bonchev–Trinajstić information content (AvgIpc) is 3.72. The minimum Gasteiger partial charge on any atom is -0.455 e. The Morgan fingerprint density at radius 2 is 1.27 bits per heavy atom. The second kappa shape index (κ2) is 8.41. The summed E-state index contributed by atoms with van der Waals surface area (Å²) in [6.45, 7) is 0. The summed E-state index contributed by atoms with van der Waals surface area (Å²) in [4.78, 5) is 9.94. The lowest BCUT2D eigenvalue weighted by Gasteiger charge is -2.10. The van der Waals surface area contributed by atoms with Gasteiger partial charge in [0.25, 0.3) is 0 Å². The highest BCUT2D eigenvalue weighted by molar-refractivity contribution is 6.25. The Kier molecular flexibility index (Phi) is 4.55. The van der Waals surface area contributed by atoms with Crippen LogP contribution < -0.4 is 0 Å². The first kappa shape index (κ1) is 22.2. The van der Waals surface area contributed by atoms with Gasteiger partial charge in [-0.3, -0.25) is 4.57 Å². The van der Waals surface area contributed by atoms with Gasteiger partial charge in [-0.25, -0.2) is 9.97 Å². The van der Waals surface area contributed by atoms with E-state index in [9.17, 15) is 0 Å². The standard InChI is InChI=1S/C36H21N3O2/c1-2-10-22(11-3-1)36-38-28-14-6-7-15-29(28)39(36)32-19-18-23(21-37-32)26-20-27-24-12-4-8-16-30(24)40-35(27)33-25-13-5-9-17-31(25)41-34(26)33/h1-21H. The molecule has 0 saturated heterocycles. The molecule has 41 heavy (non-hydrogen) atoms. The minimum absolute atomic E-state index is 0.797. The second-order valence-corrected chi connectivity index (χ2v) is 10.2. The predicted molar refractivity (Wildman–Crippen MR) is 164 cm³/mol. The Labute approximate surface area is 233 Å². The van der Waals surface area contributed by atoms with Gasteiger partial charge in [0.05, 0.1) is 16.4 Å². The first-order chi connectivity index (χ1) is 20.3. The second-order valence-electron chi connectivity index (χ2n) is 10.2. The van der Waals surface area contributed by atoms with Crippen LogP contribution in [0, 0.1) is 0 Å². The van der Waals surface area contributed by atoms with Gasteiger partial charge in [-0.05, 0) is 42.5 Å². The number of hydrogen-bond acceptors (Lipinski definition) is 4. The first-order valence-electron chi connectivity index (χ1n) is 13.6. The lowest BCUT2D eigenvalue weighted by Crippen LogP contribution is -2.00. The monoisotopic (exact) mass is 527 g/mol. The van der Waals surface area contributed by atoms with E-state index in [-0.39, 0.29) is 0 Å². The van der Waals surface area contributed by atoms with Crippen LogP contribution in [-0.2, 0) is 0 Å². The molecule has 0 spiro atoms. The number of imidazole rings is 1. The molecule has 0 radical (unpaired) electrons. The predicted octanol–water partition coefficient (Wildman–Crippen LogP) is 9.55. The van der Waals surface area contributed by atoms with E-state index in [1.807, 2.05) is 79.0 Å². The molecule has 0 fully saturated rings. The van der Waals surface area contributed by atoms with E-state index in [0.717, 1.165) is 83.2 Å². The Bertz CT molecular complexity index is 2410. The molecule has 0 N–H and O–H groups in total. The highest BCUT2D eigenvalue weighted by Crippen LogP contribution is 2.44. The zero-order valence-electron chi connectivity index (χ0n) is 21.8. The summed E-state index contributed by atoms with van der Waals surface area (Å²) in [5.74, 6) is 1.66. The molecule has 5 heteroatoms. The van der Waals surface area contributed by atoms with Crippen LogP contribution in [0.1, 0.15) is 0 Å². The smallest absolute Gasteiger partial charge is 0.147 e. The number of hydrogen-bond donors (Lipinski definition) is 0. The fourth-order valence-electron chi connectivity index (χ4n) is 6.00. The van der Waals surface area contributed by atoms with E-state index < -0.39 is 0 Å². The summed E-state index contributed by atoms with van der Waals surface area (Å²) < 4.78 is 15.0. The Morgan fingerprint density at radius 3 is 2.10 bits per heavy atom. The highest BCUT2D eigenvalue weighted by Gasteiger charge is 2.21. The van der Waals surface area contributed by atoms with Crippen molar-refractivity contribution in [1.82, 2.24) is 14.5 Å². The number of para-hydroxylation sites is 4. The molecule has 0 bridgehead atoms. The third kappa shape index (κ3) is 3.23. The molecule has 0 unspecified atom stereocenters. The van der Waals surface area contributed by atoms with E-state index in [2.05, 4.69) is 53.1 Å². The first-order valence-corrected chi connectivity index (χ1v) is 13.6. The van der Waals surface area contributed by atoms with Crippen molar-refractivity contribution in [2.75, 3.05) is 0 Å². The third-order valence-electron chi connectivity index (χ3n) is 7.87. The van der Waals surface area contributed by atoms with Crippen molar-refractivity contribution in [2.24, 2.45) is 0 Å². The molecular weight excluding hydrogens is 506 g/mol. The average molecular weight is 528 g/mol. The Balaban J connectivity index is 1.29.